The molecule has 10 N–H and O–H groups in total. The zero-order valence-corrected chi connectivity index (χ0v) is 21.7. The van der Waals surface area contributed by atoms with Crippen molar-refractivity contribution in [3.63, 3.8) is 0 Å². The van der Waals surface area contributed by atoms with E-state index in [-0.39, 0.29) is 31.4 Å². The Balaban J connectivity index is 2.15. The molecule has 0 aliphatic heterocycles. The predicted molar refractivity (Wildman–Crippen MR) is 139 cm³/mol. The first-order chi connectivity index (χ1) is 18.4. The van der Waals surface area contributed by atoms with Gasteiger partial charge in [-0.3, -0.25) is 19.2 Å². The van der Waals surface area contributed by atoms with Gasteiger partial charge in [0, 0.05) is 31.2 Å². The van der Waals surface area contributed by atoms with E-state index in [0.717, 1.165) is 0 Å². The molecule has 14 nitrogen and oxygen atoms in total. The summed E-state index contributed by atoms with van der Waals surface area (Å²) in [6, 6.07) is 1.18. The first kappa shape index (κ1) is 30.8. The molecule has 0 radical (unpaired) electrons. The highest BCUT2D eigenvalue weighted by Crippen LogP contribution is 2.12. The molecule has 14 heteroatoms. The van der Waals surface area contributed by atoms with E-state index in [4.69, 9.17) is 11.5 Å². The molecule has 0 spiro atoms. The number of carboxylic acids is 1. The standard InChI is InChI=1S/C25H35N7O7/c1-13(2)21(24(37)31-19(25(38)39)9-14-3-5-16(33)6-4-14)32-23(36)18(10-15-11-28-12-29-15)30-22(35)17(26)7-8-20(27)34/h3-6,11-13,17-19,21,33H,7-10,26H2,1-2H3,(H2,27,34)(H,28,29)(H,30,35)(H,31,37)(H,32,36)(H,38,39). The van der Waals surface area contributed by atoms with Crippen LogP contribution < -0.4 is 27.4 Å². The molecule has 0 fully saturated rings. The highest BCUT2D eigenvalue weighted by Gasteiger charge is 2.32. The zero-order chi connectivity index (χ0) is 29.1. The van der Waals surface area contributed by atoms with E-state index >= 15 is 0 Å². The van der Waals surface area contributed by atoms with Gasteiger partial charge in [0.2, 0.25) is 23.6 Å². The van der Waals surface area contributed by atoms with Crippen LogP contribution in [-0.2, 0) is 36.8 Å². The van der Waals surface area contributed by atoms with Crippen LogP contribution in [0.2, 0.25) is 0 Å². The van der Waals surface area contributed by atoms with Crippen molar-refractivity contribution < 1.29 is 34.2 Å². The Labute approximate surface area is 224 Å². The van der Waals surface area contributed by atoms with Gasteiger partial charge in [-0.05, 0) is 30.0 Å². The molecule has 212 valence electrons. The van der Waals surface area contributed by atoms with Crippen molar-refractivity contribution in [3.8, 4) is 5.75 Å². The third kappa shape index (κ3) is 10.1. The number of aromatic hydroxyl groups is 1. The zero-order valence-electron chi connectivity index (χ0n) is 21.7. The quantitative estimate of drug-likeness (QED) is 0.132. The molecule has 4 unspecified atom stereocenters. The van der Waals surface area contributed by atoms with Crippen molar-refractivity contribution in [1.29, 1.82) is 0 Å². The fourth-order valence-corrected chi connectivity index (χ4v) is 3.65. The second-order valence-electron chi connectivity index (χ2n) is 9.45. The minimum atomic E-state index is -1.30. The number of carbonyl (C=O) groups excluding carboxylic acids is 4. The highest BCUT2D eigenvalue weighted by molar-refractivity contribution is 5.94. The Morgan fingerprint density at radius 3 is 2.13 bits per heavy atom. The third-order valence-electron chi connectivity index (χ3n) is 5.89. The van der Waals surface area contributed by atoms with Crippen LogP contribution in [-0.4, -0.2) is 73.9 Å². The molecule has 2 aromatic rings. The van der Waals surface area contributed by atoms with Gasteiger partial charge >= 0.3 is 5.97 Å². The van der Waals surface area contributed by atoms with E-state index in [1.54, 1.807) is 13.8 Å². The van der Waals surface area contributed by atoms with Crippen molar-refractivity contribution in [3.05, 3.63) is 48.0 Å². The fourth-order valence-electron chi connectivity index (χ4n) is 3.65. The Morgan fingerprint density at radius 2 is 1.59 bits per heavy atom. The molecule has 4 atom stereocenters. The lowest BCUT2D eigenvalue weighted by molar-refractivity contribution is -0.142. The number of phenolic OH excluding ortho intramolecular Hbond substituents is 1. The number of H-pyrrole nitrogens is 1. The molecule has 2 rings (SSSR count). The Bertz CT molecular complexity index is 1140. The topological polar surface area (TPSA) is 243 Å². The van der Waals surface area contributed by atoms with E-state index in [1.165, 1.54) is 36.8 Å². The van der Waals surface area contributed by atoms with Gasteiger partial charge in [-0.2, -0.15) is 0 Å². The Hall–Kier alpha value is -4.46. The molecule has 4 amide bonds. The molecular weight excluding hydrogens is 510 g/mol. The number of aliphatic carboxylic acids is 1. The lowest BCUT2D eigenvalue weighted by Crippen LogP contribution is -2.59. The summed E-state index contributed by atoms with van der Waals surface area (Å²) >= 11 is 0. The maximum absolute atomic E-state index is 13.3. The van der Waals surface area contributed by atoms with E-state index in [1.807, 2.05) is 0 Å². The van der Waals surface area contributed by atoms with Crippen LogP contribution in [0.1, 0.15) is 37.9 Å². The molecule has 0 saturated carbocycles. The van der Waals surface area contributed by atoms with E-state index < -0.39 is 59.7 Å². The fraction of sp³-hybridized carbons (Fsp3) is 0.440. The van der Waals surface area contributed by atoms with Crippen molar-refractivity contribution in [1.82, 2.24) is 25.9 Å². The monoisotopic (exact) mass is 545 g/mol. The average molecular weight is 546 g/mol. The second-order valence-corrected chi connectivity index (χ2v) is 9.45. The number of imidazole rings is 1. The molecular formula is C25H35N7O7. The van der Waals surface area contributed by atoms with Crippen LogP contribution in [0.4, 0.5) is 0 Å². The number of nitrogens with zero attached hydrogens (tertiary/aromatic N) is 1. The number of benzene rings is 1. The van der Waals surface area contributed by atoms with Crippen molar-refractivity contribution in [2.75, 3.05) is 0 Å². The normalized spacial score (nSPS) is 14.1. The van der Waals surface area contributed by atoms with Crippen LogP contribution in [0, 0.1) is 5.92 Å². The summed E-state index contributed by atoms with van der Waals surface area (Å²) in [6.45, 7) is 3.34. The number of aromatic nitrogens is 2. The summed E-state index contributed by atoms with van der Waals surface area (Å²) in [5, 5.41) is 26.7. The smallest absolute Gasteiger partial charge is 0.326 e. The number of aromatic amines is 1. The molecule has 0 bridgehead atoms. The summed E-state index contributed by atoms with van der Waals surface area (Å²) in [7, 11) is 0. The number of rotatable bonds is 15. The summed E-state index contributed by atoms with van der Waals surface area (Å²) in [6.07, 6.45) is 2.67. The van der Waals surface area contributed by atoms with E-state index in [0.29, 0.717) is 11.3 Å². The summed E-state index contributed by atoms with van der Waals surface area (Å²) in [4.78, 5) is 68.6. The summed E-state index contributed by atoms with van der Waals surface area (Å²) in [5.41, 5.74) is 12.0. The van der Waals surface area contributed by atoms with E-state index in [9.17, 15) is 34.2 Å². The lowest BCUT2D eigenvalue weighted by atomic mass is 10.00. The number of carboxylic acid groups (broad SMARTS) is 1. The number of carbonyl (C=O) groups is 5. The van der Waals surface area contributed by atoms with Gasteiger partial charge in [0.25, 0.3) is 0 Å². The van der Waals surface area contributed by atoms with Crippen LogP contribution in [0.3, 0.4) is 0 Å². The summed E-state index contributed by atoms with van der Waals surface area (Å²) in [5.74, 6) is -4.46. The predicted octanol–water partition coefficient (Wildman–Crippen LogP) is -1.31. The SMILES string of the molecule is CC(C)C(NC(=O)C(Cc1cnc[nH]1)NC(=O)C(N)CCC(N)=O)C(=O)NC(Cc1ccc(O)cc1)C(=O)O. The number of primary amides is 1. The second kappa shape index (κ2) is 14.5. The van der Waals surface area contributed by atoms with Crippen LogP contribution in [0.25, 0.3) is 0 Å². The first-order valence-electron chi connectivity index (χ1n) is 12.3. The number of nitrogens with one attached hydrogen (secondary N) is 4. The van der Waals surface area contributed by atoms with Crippen LogP contribution in [0.15, 0.2) is 36.8 Å². The van der Waals surface area contributed by atoms with Crippen molar-refractivity contribution >= 4 is 29.6 Å². The van der Waals surface area contributed by atoms with Gasteiger partial charge in [0.05, 0.1) is 12.4 Å². The molecule has 39 heavy (non-hydrogen) atoms. The number of amides is 4. The van der Waals surface area contributed by atoms with Gasteiger partial charge in [-0.1, -0.05) is 26.0 Å². The summed E-state index contributed by atoms with van der Waals surface area (Å²) < 4.78 is 0. The van der Waals surface area contributed by atoms with Gasteiger partial charge in [0.1, 0.15) is 23.9 Å². The molecule has 1 aromatic carbocycles. The van der Waals surface area contributed by atoms with Gasteiger partial charge in [-0.15, -0.1) is 0 Å². The van der Waals surface area contributed by atoms with Crippen molar-refractivity contribution in [2.45, 2.75) is 63.7 Å². The van der Waals surface area contributed by atoms with Gasteiger partial charge < -0.3 is 42.6 Å². The maximum atomic E-state index is 13.3. The number of nitrogens with two attached hydrogens (primary N) is 2. The number of hydrogen-bond acceptors (Lipinski definition) is 8. The van der Waals surface area contributed by atoms with Gasteiger partial charge in [0.15, 0.2) is 0 Å². The van der Waals surface area contributed by atoms with E-state index in [2.05, 4.69) is 25.9 Å². The number of hydrogen-bond donors (Lipinski definition) is 8. The third-order valence-corrected chi connectivity index (χ3v) is 5.89. The molecule has 0 aliphatic rings. The lowest BCUT2D eigenvalue weighted by Gasteiger charge is -2.27. The number of phenols is 1. The van der Waals surface area contributed by atoms with Gasteiger partial charge in [-0.25, -0.2) is 9.78 Å². The molecule has 1 aromatic heterocycles. The Kier molecular flexibility index (Phi) is 11.4. The van der Waals surface area contributed by atoms with Crippen LogP contribution in [0.5, 0.6) is 5.75 Å². The average Bonchev–Trinajstić information content (AvgIpc) is 3.38. The minimum Gasteiger partial charge on any atom is -0.508 e. The Morgan fingerprint density at radius 1 is 0.949 bits per heavy atom. The van der Waals surface area contributed by atoms with Crippen LogP contribution >= 0.6 is 0 Å². The minimum absolute atomic E-state index is 0.00878. The molecule has 0 aliphatic carbocycles. The largest absolute Gasteiger partial charge is 0.508 e. The maximum Gasteiger partial charge on any atom is 0.326 e. The molecule has 0 saturated heterocycles. The molecule has 1 heterocycles. The first-order valence-corrected chi connectivity index (χ1v) is 12.3. The highest BCUT2D eigenvalue weighted by atomic mass is 16.4. The van der Waals surface area contributed by atoms with Crippen molar-refractivity contribution in [2.24, 2.45) is 17.4 Å².